The van der Waals surface area contributed by atoms with Crippen LogP contribution in [0.4, 0.5) is 0 Å². The minimum absolute atomic E-state index is 0.0280. The Morgan fingerprint density at radius 1 is 1.09 bits per heavy atom. The Morgan fingerprint density at radius 2 is 1.91 bits per heavy atom. The van der Waals surface area contributed by atoms with Gasteiger partial charge in [-0.2, -0.15) is 11.3 Å². The van der Waals surface area contributed by atoms with Crippen molar-refractivity contribution >= 4 is 11.3 Å². The van der Waals surface area contributed by atoms with Gasteiger partial charge in [0.2, 0.25) is 0 Å². The highest BCUT2D eigenvalue weighted by molar-refractivity contribution is 7.08. The van der Waals surface area contributed by atoms with Crippen LogP contribution in [-0.2, 0) is 13.1 Å². The normalized spacial score (nSPS) is 12.6. The second-order valence-corrected chi connectivity index (χ2v) is 10.2. The van der Waals surface area contributed by atoms with Crippen molar-refractivity contribution in [3.63, 3.8) is 0 Å². The first kappa shape index (κ1) is 24.9. The van der Waals surface area contributed by atoms with Gasteiger partial charge in [0.25, 0.3) is 0 Å². The number of rotatable bonds is 10. The Morgan fingerprint density at radius 3 is 2.64 bits per heavy atom. The topological polar surface area (TPSA) is 28.2 Å². The lowest BCUT2D eigenvalue weighted by atomic mass is 9.98. The first-order valence-electron chi connectivity index (χ1n) is 11.5. The number of nitrogens with zero attached hydrogens (tertiary/aromatic N) is 2. The molecule has 1 atom stereocenters. The van der Waals surface area contributed by atoms with E-state index in [1.54, 1.807) is 11.3 Å². The van der Waals surface area contributed by atoms with Crippen molar-refractivity contribution in [2.24, 2.45) is 5.41 Å². The summed E-state index contributed by atoms with van der Waals surface area (Å²) < 4.78 is 0. The fraction of sp³-hybridized carbons (Fsp3) is 0.345. The zero-order chi connectivity index (χ0) is 23.5. The van der Waals surface area contributed by atoms with E-state index in [1.165, 1.54) is 22.3 Å². The van der Waals surface area contributed by atoms with Crippen molar-refractivity contribution in [3.8, 4) is 23.0 Å². The average molecular weight is 458 g/mol. The van der Waals surface area contributed by atoms with Crippen LogP contribution in [0.15, 0.2) is 77.8 Å². The van der Waals surface area contributed by atoms with Crippen LogP contribution in [-0.4, -0.2) is 29.0 Å². The minimum Gasteiger partial charge on any atom is -0.309 e. The predicted octanol–water partition coefficient (Wildman–Crippen LogP) is 6.40. The Bertz CT molecular complexity index is 1050. The molecule has 1 unspecified atom stereocenters. The van der Waals surface area contributed by atoms with Crippen molar-refractivity contribution in [3.05, 3.63) is 88.9 Å². The number of benzene rings is 1. The van der Waals surface area contributed by atoms with Gasteiger partial charge in [-0.1, -0.05) is 36.1 Å². The van der Waals surface area contributed by atoms with Gasteiger partial charge in [-0.25, -0.2) is 0 Å². The summed E-state index contributed by atoms with van der Waals surface area (Å²) in [4.78, 5) is 6.60. The van der Waals surface area contributed by atoms with E-state index in [9.17, 15) is 0 Å². The molecule has 0 fully saturated rings. The van der Waals surface area contributed by atoms with Gasteiger partial charge >= 0.3 is 0 Å². The number of thiophene rings is 1. The molecule has 0 aliphatic heterocycles. The van der Waals surface area contributed by atoms with Gasteiger partial charge in [0, 0.05) is 50.0 Å². The molecule has 33 heavy (non-hydrogen) atoms. The standard InChI is InChI=1S/C29H35N3S/c1-24(31-20-26-9-8-10-27(19-26)28-13-18-33-23-28)21-32(22-25-11-15-30-16-12-25)17-7-5-6-14-29(2,3)4/h5,7-13,15-16,18-19,23-24,31H,17,20-22H2,1-4H3. The lowest BCUT2D eigenvalue weighted by Crippen LogP contribution is -2.38. The number of nitrogens with one attached hydrogen (secondary N) is 1. The van der Waals surface area contributed by atoms with Crippen LogP contribution in [0, 0.1) is 17.3 Å². The molecule has 2 aromatic heterocycles. The van der Waals surface area contributed by atoms with Crippen molar-refractivity contribution in [1.29, 1.82) is 0 Å². The summed E-state index contributed by atoms with van der Waals surface area (Å²) in [5, 5.41) is 8.03. The minimum atomic E-state index is 0.0280. The molecule has 3 nitrogen and oxygen atoms in total. The molecular formula is C29H35N3S. The quantitative estimate of drug-likeness (QED) is 0.357. The smallest absolute Gasteiger partial charge is 0.0271 e. The van der Waals surface area contributed by atoms with Crippen LogP contribution in [0.3, 0.4) is 0 Å². The zero-order valence-electron chi connectivity index (χ0n) is 20.2. The second kappa shape index (κ2) is 12.5. The van der Waals surface area contributed by atoms with Gasteiger partial charge in [-0.15, -0.1) is 0 Å². The molecule has 172 valence electrons. The Kier molecular flexibility index (Phi) is 9.45. The summed E-state index contributed by atoms with van der Waals surface area (Å²) in [6.45, 7) is 12.2. The largest absolute Gasteiger partial charge is 0.309 e. The van der Waals surface area contributed by atoms with Crippen LogP contribution in [0.2, 0.25) is 0 Å². The summed E-state index contributed by atoms with van der Waals surface area (Å²) in [7, 11) is 0. The monoisotopic (exact) mass is 457 g/mol. The molecule has 0 saturated heterocycles. The fourth-order valence-corrected chi connectivity index (χ4v) is 4.17. The Balaban J connectivity index is 1.58. The molecule has 0 radical (unpaired) electrons. The highest BCUT2D eigenvalue weighted by atomic mass is 32.1. The van der Waals surface area contributed by atoms with Crippen LogP contribution in [0.1, 0.15) is 38.8 Å². The molecule has 0 bridgehead atoms. The maximum atomic E-state index is 4.15. The van der Waals surface area contributed by atoms with Crippen molar-refractivity contribution in [2.45, 2.75) is 46.8 Å². The third kappa shape index (κ3) is 9.35. The molecule has 0 aliphatic rings. The van der Waals surface area contributed by atoms with E-state index in [-0.39, 0.29) is 5.41 Å². The fourth-order valence-electron chi connectivity index (χ4n) is 3.50. The molecule has 3 aromatic rings. The highest BCUT2D eigenvalue weighted by Gasteiger charge is 2.10. The van der Waals surface area contributed by atoms with Gasteiger partial charge in [-0.05, 0) is 91.1 Å². The van der Waals surface area contributed by atoms with Gasteiger partial charge in [-0.3, -0.25) is 9.88 Å². The predicted molar refractivity (Wildman–Crippen MR) is 142 cm³/mol. The number of hydrogen-bond acceptors (Lipinski definition) is 4. The lowest BCUT2D eigenvalue weighted by molar-refractivity contribution is 0.262. The Labute approximate surface area is 203 Å². The van der Waals surface area contributed by atoms with Crippen LogP contribution in [0.5, 0.6) is 0 Å². The molecule has 0 aliphatic carbocycles. The number of aromatic nitrogens is 1. The molecule has 1 N–H and O–H groups in total. The van der Waals surface area contributed by atoms with E-state index in [4.69, 9.17) is 0 Å². The molecule has 3 rings (SSSR count). The van der Waals surface area contributed by atoms with E-state index < -0.39 is 0 Å². The second-order valence-electron chi connectivity index (χ2n) is 9.47. The number of pyridine rings is 1. The van der Waals surface area contributed by atoms with E-state index in [0.717, 1.165) is 26.2 Å². The van der Waals surface area contributed by atoms with E-state index in [2.05, 4.69) is 114 Å². The number of allylic oxidation sites excluding steroid dienone is 1. The third-order valence-corrected chi connectivity index (χ3v) is 5.82. The molecule has 1 aromatic carbocycles. The molecule has 0 amide bonds. The number of hydrogen-bond donors (Lipinski definition) is 1. The first-order valence-corrected chi connectivity index (χ1v) is 12.5. The molecule has 4 heteroatoms. The summed E-state index contributed by atoms with van der Waals surface area (Å²) in [6, 6.07) is 15.5. The van der Waals surface area contributed by atoms with Crippen molar-refractivity contribution < 1.29 is 0 Å². The summed E-state index contributed by atoms with van der Waals surface area (Å²) in [5.41, 5.74) is 5.18. The van der Waals surface area contributed by atoms with Gasteiger partial charge in [0.15, 0.2) is 0 Å². The average Bonchev–Trinajstić information content (AvgIpc) is 3.33. The molecule has 0 saturated carbocycles. The van der Waals surface area contributed by atoms with Gasteiger partial charge < -0.3 is 5.32 Å². The maximum absolute atomic E-state index is 4.15. The van der Waals surface area contributed by atoms with E-state index in [1.807, 2.05) is 18.5 Å². The Hall–Kier alpha value is -2.71. The summed E-state index contributed by atoms with van der Waals surface area (Å²) in [6.07, 6.45) is 7.87. The van der Waals surface area contributed by atoms with Crippen LogP contribution < -0.4 is 5.32 Å². The SMILES string of the molecule is CC(CN(CC=CC#CC(C)(C)C)Cc1ccncc1)NCc1cccc(-c2ccsc2)c1. The highest BCUT2D eigenvalue weighted by Crippen LogP contribution is 2.23. The van der Waals surface area contributed by atoms with Crippen molar-refractivity contribution in [2.75, 3.05) is 13.1 Å². The maximum Gasteiger partial charge on any atom is 0.0271 e. The summed E-state index contributed by atoms with van der Waals surface area (Å²) >= 11 is 1.74. The van der Waals surface area contributed by atoms with Crippen LogP contribution >= 0.6 is 11.3 Å². The first-order chi connectivity index (χ1) is 15.9. The van der Waals surface area contributed by atoms with Crippen molar-refractivity contribution in [1.82, 2.24) is 15.2 Å². The van der Waals surface area contributed by atoms with Crippen LogP contribution in [0.25, 0.3) is 11.1 Å². The van der Waals surface area contributed by atoms with Gasteiger partial charge in [0.1, 0.15) is 0 Å². The molecular weight excluding hydrogens is 422 g/mol. The van der Waals surface area contributed by atoms with E-state index >= 15 is 0 Å². The molecule has 2 heterocycles. The summed E-state index contributed by atoms with van der Waals surface area (Å²) in [5.74, 6) is 6.44. The zero-order valence-corrected chi connectivity index (χ0v) is 21.0. The molecule has 0 spiro atoms. The third-order valence-electron chi connectivity index (χ3n) is 5.14. The lowest BCUT2D eigenvalue weighted by Gasteiger charge is -2.25. The van der Waals surface area contributed by atoms with Gasteiger partial charge in [0.05, 0.1) is 0 Å². The van der Waals surface area contributed by atoms with E-state index in [0.29, 0.717) is 6.04 Å².